The Bertz CT molecular complexity index is 533. The molecule has 2 unspecified atom stereocenters. The molecule has 2 aliphatic heterocycles. The van der Waals surface area contributed by atoms with Crippen molar-refractivity contribution in [2.75, 3.05) is 4.90 Å². The summed E-state index contributed by atoms with van der Waals surface area (Å²) in [5, 5.41) is 0. The van der Waals surface area contributed by atoms with Gasteiger partial charge in [-0.15, -0.1) is 0 Å². The second-order valence-electron chi connectivity index (χ2n) is 5.74. The molecule has 1 aromatic rings. The summed E-state index contributed by atoms with van der Waals surface area (Å²) >= 11 is 0. The fourth-order valence-corrected chi connectivity index (χ4v) is 3.73. The molecule has 0 N–H and O–H groups in total. The minimum absolute atomic E-state index is 0.497. The van der Waals surface area contributed by atoms with Gasteiger partial charge in [0.05, 0.1) is 12.1 Å². The number of fused-ring (bicyclic) bond motifs is 2. The van der Waals surface area contributed by atoms with Crippen molar-refractivity contribution in [2.45, 2.75) is 66.5 Å². The van der Waals surface area contributed by atoms with E-state index in [0.717, 1.165) is 0 Å². The van der Waals surface area contributed by atoms with E-state index in [1.54, 1.807) is 0 Å². The molecule has 0 spiro atoms. The van der Waals surface area contributed by atoms with Gasteiger partial charge in [-0.3, -0.25) is 0 Å². The van der Waals surface area contributed by atoms with Gasteiger partial charge in [0.15, 0.2) is 0 Å². The van der Waals surface area contributed by atoms with Crippen LogP contribution in [0.1, 0.15) is 54.4 Å². The monoisotopic (exact) mass is 311 g/mol. The minimum atomic E-state index is 0.497. The third kappa shape index (κ3) is 3.60. The van der Waals surface area contributed by atoms with E-state index in [1.807, 2.05) is 27.7 Å². The first kappa shape index (κ1) is 19.3. The highest BCUT2D eigenvalue weighted by atomic mass is 15.2. The summed E-state index contributed by atoms with van der Waals surface area (Å²) in [5.74, 6) is 0. The lowest BCUT2D eigenvalue weighted by atomic mass is 9.85. The van der Waals surface area contributed by atoms with Crippen molar-refractivity contribution in [1.82, 2.24) is 0 Å². The van der Waals surface area contributed by atoms with Crippen molar-refractivity contribution in [3.05, 3.63) is 65.8 Å². The van der Waals surface area contributed by atoms with Crippen LogP contribution in [0.15, 0.2) is 65.8 Å². The van der Waals surface area contributed by atoms with Crippen LogP contribution >= 0.6 is 0 Å². The van der Waals surface area contributed by atoms with Crippen molar-refractivity contribution in [3.63, 3.8) is 0 Å². The average molecular weight is 312 g/mol. The molecule has 0 saturated carbocycles. The van der Waals surface area contributed by atoms with Gasteiger partial charge in [0.25, 0.3) is 0 Å². The summed E-state index contributed by atoms with van der Waals surface area (Å²) in [6.07, 6.45) is 2.47. The Morgan fingerprint density at radius 2 is 1.22 bits per heavy atom. The first-order chi connectivity index (χ1) is 11.1. The molecule has 2 bridgehead atoms. The van der Waals surface area contributed by atoms with Crippen LogP contribution in [-0.4, -0.2) is 12.1 Å². The van der Waals surface area contributed by atoms with Crippen molar-refractivity contribution in [2.24, 2.45) is 0 Å². The smallest absolute Gasteiger partial charge is 0.0555 e. The van der Waals surface area contributed by atoms with E-state index < -0.39 is 0 Å². The van der Waals surface area contributed by atoms with E-state index in [9.17, 15) is 0 Å². The van der Waals surface area contributed by atoms with Crippen LogP contribution in [0.2, 0.25) is 0 Å². The van der Waals surface area contributed by atoms with Crippen LogP contribution in [0.3, 0.4) is 0 Å². The summed E-state index contributed by atoms with van der Waals surface area (Å²) in [6.45, 7) is 20.6. The normalized spacial score (nSPS) is 21.2. The zero-order valence-electron chi connectivity index (χ0n) is 15.8. The van der Waals surface area contributed by atoms with E-state index in [1.165, 1.54) is 40.8 Å². The molecular formula is C22H33N. The molecule has 1 fully saturated rings. The van der Waals surface area contributed by atoms with Gasteiger partial charge < -0.3 is 4.90 Å². The summed E-state index contributed by atoms with van der Waals surface area (Å²) in [7, 11) is 0. The molecule has 2 heterocycles. The Morgan fingerprint density at radius 1 is 0.826 bits per heavy atom. The second-order valence-corrected chi connectivity index (χ2v) is 5.74. The highest BCUT2D eigenvalue weighted by Gasteiger charge is 2.45. The molecule has 3 rings (SSSR count). The van der Waals surface area contributed by atoms with Crippen LogP contribution < -0.4 is 4.90 Å². The van der Waals surface area contributed by atoms with Gasteiger partial charge in [-0.2, -0.15) is 0 Å². The number of nitrogens with zero attached hydrogens (tertiary/aromatic N) is 1. The average Bonchev–Trinajstić information content (AvgIpc) is 3.15. The lowest BCUT2D eigenvalue weighted by molar-refractivity contribution is 0.754. The van der Waals surface area contributed by atoms with Crippen LogP contribution in [0.25, 0.3) is 0 Å². The lowest BCUT2D eigenvalue weighted by Gasteiger charge is -2.26. The quantitative estimate of drug-likeness (QED) is 0.612. The highest BCUT2D eigenvalue weighted by Crippen LogP contribution is 2.48. The maximum atomic E-state index is 4.19. The van der Waals surface area contributed by atoms with Crippen molar-refractivity contribution in [3.8, 4) is 0 Å². The number of para-hydroxylation sites is 1. The molecule has 126 valence electrons. The fourth-order valence-electron chi connectivity index (χ4n) is 3.73. The predicted octanol–water partition coefficient (Wildman–Crippen LogP) is 6.54. The molecule has 0 aliphatic carbocycles. The molecule has 0 amide bonds. The predicted molar refractivity (Wildman–Crippen MR) is 105 cm³/mol. The Kier molecular flexibility index (Phi) is 7.35. The van der Waals surface area contributed by atoms with E-state index in [-0.39, 0.29) is 0 Å². The van der Waals surface area contributed by atoms with Crippen LogP contribution in [0.4, 0.5) is 5.69 Å². The van der Waals surface area contributed by atoms with Gasteiger partial charge in [-0.25, -0.2) is 0 Å². The zero-order chi connectivity index (χ0) is 17.6. The SMILES string of the molecule is C=C(C)C1=C(C(=C)C)C2CCC1N2c1ccccc1.CC.CC. The molecule has 2 atom stereocenters. The van der Waals surface area contributed by atoms with Crippen molar-refractivity contribution < 1.29 is 0 Å². The first-order valence-corrected chi connectivity index (χ1v) is 9.00. The van der Waals surface area contributed by atoms with Crippen LogP contribution in [0.5, 0.6) is 0 Å². The maximum Gasteiger partial charge on any atom is 0.0555 e. The maximum absolute atomic E-state index is 4.19. The lowest BCUT2D eigenvalue weighted by Crippen LogP contribution is -2.31. The number of anilines is 1. The number of hydrogen-bond acceptors (Lipinski definition) is 1. The third-order valence-corrected chi connectivity index (χ3v) is 4.32. The number of hydrogen-bond donors (Lipinski definition) is 0. The van der Waals surface area contributed by atoms with E-state index in [0.29, 0.717) is 12.1 Å². The third-order valence-electron chi connectivity index (χ3n) is 4.32. The molecule has 1 aromatic carbocycles. The van der Waals surface area contributed by atoms with Gasteiger partial charge in [-0.05, 0) is 50.0 Å². The Morgan fingerprint density at radius 3 is 1.57 bits per heavy atom. The van der Waals surface area contributed by atoms with Crippen LogP contribution in [0, 0.1) is 0 Å². The molecule has 1 nitrogen and oxygen atoms in total. The summed E-state index contributed by atoms with van der Waals surface area (Å²) in [5.41, 5.74) is 6.60. The Hall–Kier alpha value is -1.76. The Labute approximate surface area is 143 Å². The minimum Gasteiger partial charge on any atom is -0.357 e. The zero-order valence-corrected chi connectivity index (χ0v) is 15.8. The van der Waals surface area contributed by atoms with Gasteiger partial charge in [-0.1, -0.05) is 70.2 Å². The van der Waals surface area contributed by atoms with Gasteiger partial charge in [0.2, 0.25) is 0 Å². The largest absolute Gasteiger partial charge is 0.357 e. The fraction of sp³-hybridized carbons (Fsp3) is 0.455. The molecular weight excluding hydrogens is 278 g/mol. The first-order valence-electron chi connectivity index (χ1n) is 9.00. The molecule has 2 aliphatic rings. The van der Waals surface area contributed by atoms with E-state index >= 15 is 0 Å². The Balaban J connectivity index is 0.000000615. The summed E-state index contributed by atoms with van der Waals surface area (Å²) < 4.78 is 0. The van der Waals surface area contributed by atoms with E-state index in [4.69, 9.17) is 0 Å². The van der Waals surface area contributed by atoms with Gasteiger partial charge in [0.1, 0.15) is 0 Å². The standard InChI is InChI=1S/C18H21N.2C2H6/c1-12(2)17-15-10-11-16(18(17)13(3)4)19(15)14-8-6-5-7-9-14;2*1-2/h5-9,15-16H,1,3,10-11H2,2,4H3;2*1-2H3. The van der Waals surface area contributed by atoms with Crippen molar-refractivity contribution >= 4 is 5.69 Å². The number of rotatable bonds is 3. The second kappa shape index (κ2) is 8.76. The topological polar surface area (TPSA) is 3.24 Å². The van der Waals surface area contributed by atoms with Crippen LogP contribution in [-0.2, 0) is 0 Å². The number of benzene rings is 1. The molecule has 0 aromatic heterocycles. The summed E-state index contributed by atoms with van der Waals surface area (Å²) in [6, 6.07) is 11.7. The molecule has 23 heavy (non-hydrogen) atoms. The molecule has 1 heteroatoms. The summed E-state index contributed by atoms with van der Waals surface area (Å²) in [4.78, 5) is 2.56. The van der Waals surface area contributed by atoms with Gasteiger partial charge >= 0.3 is 0 Å². The van der Waals surface area contributed by atoms with E-state index in [2.05, 4.69) is 62.2 Å². The van der Waals surface area contributed by atoms with Gasteiger partial charge in [0, 0.05) is 5.69 Å². The molecule has 1 saturated heterocycles. The highest BCUT2D eigenvalue weighted by molar-refractivity contribution is 5.66. The van der Waals surface area contributed by atoms with Crippen molar-refractivity contribution in [1.29, 1.82) is 0 Å². The molecule has 0 radical (unpaired) electrons.